The van der Waals surface area contributed by atoms with E-state index in [1.54, 1.807) is 12.1 Å². The number of amides is 1. The first-order chi connectivity index (χ1) is 15.3. The predicted octanol–water partition coefficient (Wildman–Crippen LogP) is 2.22. The Hall–Kier alpha value is -1.68. The minimum absolute atomic E-state index is 0.0901. The second-order valence-electron chi connectivity index (χ2n) is 9.58. The first-order valence-electron chi connectivity index (χ1n) is 11.8. The molecule has 2 atom stereocenters. The van der Waals surface area contributed by atoms with Crippen molar-refractivity contribution in [2.24, 2.45) is 11.8 Å². The van der Waals surface area contributed by atoms with Crippen LogP contribution < -0.4 is 10.2 Å². The molecule has 3 aliphatic rings. The maximum absolute atomic E-state index is 13.2. The summed E-state index contributed by atoms with van der Waals surface area (Å²) in [6.45, 7) is 9.96. The molecule has 3 fully saturated rings. The number of nitrogens with one attached hydrogen (secondary N) is 1. The number of rotatable bonds is 6. The molecule has 8 nitrogen and oxygen atoms in total. The zero-order chi connectivity index (χ0) is 22.7. The molecular formula is C23H36N4O4S. The minimum Gasteiger partial charge on any atom is -0.379 e. The number of likely N-dealkylation sites (tertiary alicyclic amines) is 1. The predicted molar refractivity (Wildman–Crippen MR) is 125 cm³/mol. The van der Waals surface area contributed by atoms with Gasteiger partial charge in [0.15, 0.2) is 0 Å². The zero-order valence-electron chi connectivity index (χ0n) is 19.3. The van der Waals surface area contributed by atoms with E-state index in [4.69, 9.17) is 4.74 Å². The van der Waals surface area contributed by atoms with E-state index in [1.807, 2.05) is 6.07 Å². The summed E-state index contributed by atoms with van der Waals surface area (Å²) in [7, 11) is -3.63. The van der Waals surface area contributed by atoms with Crippen LogP contribution in [0.15, 0.2) is 23.1 Å². The number of ether oxygens (including phenoxy) is 1. The lowest BCUT2D eigenvalue weighted by atomic mass is 9.92. The third-order valence-electron chi connectivity index (χ3n) is 6.61. The number of morpholine rings is 1. The normalized spacial score (nSPS) is 25.8. The van der Waals surface area contributed by atoms with Crippen LogP contribution in [0.3, 0.4) is 0 Å². The maximum Gasteiger partial charge on any atom is 0.243 e. The Morgan fingerprint density at radius 2 is 1.72 bits per heavy atom. The first kappa shape index (κ1) is 23.5. The van der Waals surface area contributed by atoms with Crippen LogP contribution in [0.25, 0.3) is 0 Å². The second kappa shape index (κ2) is 10.1. The number of hydrogen-bond acceptors (Lipinski definition) is 6. The topological polar surface area (TPSA) is 82.2 Å². The van der Waals surface area contributed by atoms with Crippen molar-refractivity contribution in [2.75, 3.05) is 69.2 Å². The van der Waals surface area contributed by atoms with Gasteiger partial charge in [-0.3, -0.25) is 9.69 Å². The SMILES string of the molecule is C[C@H]1C[C@H](C)CN(CC(=O)Nc2cc(S(=O)(=O)N3CCOCC3)ccc2N2CCCC2)C1. The zero-order valence-corrected chi connectivity index (χ0v) is 20.1. The van der Waals surface area contributed by atoms with Crippen molar-refractivity contribution in [1.82, 2.24) is 9.21 Å². The van der Waals surface area contributed by atoms with Crippen molar-refractivity contribution in [3.8, 4) is 0 Å². The van der Waals surface area contributed by atoms with Crippen LogP contribution in [0.1, 0.15) is 33.1 Å². The number of benzene rings is 1. The number of nitrogens with zero attached hydrogens (tertiary/aromatic N) is 3. The maximum atomic E-state index is 13.2. The van der Waals surface area contributed by atoms with E-state index >= 15 is 0 Å². The highest BCUT2D eigenvalue weighted by Crippen LogP contribution is 2.32. The van der Waals surface area contributed by atoms with Crippen molar-refractivity contribution >= 4 is 27.3 Å². The number of anilines is 2. The highest BCUT2D eigenvalue weighted by molar-refractivity contribution is 7.89. The van der Waals surface area contributed by atoms with Gasteiger partial charge in [0.2, 0.25) is 15.9 Å². The molecule has 4 rings (SSSR count). The van der Waals surface area contributed by atoms with Crippen LogP contribution in [-0.2, 0) is 19.6 Å². The molecule has 32 heavy (non-hydrogen) atoms. The van der Waals surface area contributed by atoms with Gasteiger partial charge in [-0.05, 0) is 49.3 Å². The van der Waals surface area contributed by atoms with Gasteiger partial charge in [-0.25, -0.2) is 8.42 Å². The van der Waals surface area contributed by atoms with Crippen LogP contribution in [0.4, 0.5) is 11.4 Å². The second-order valence-corrected chi connectivity index (χ2v) is 11.5. The lowest BCUT2D eigenvalue weighted by Gasteiger charge is -2.34. The molecule has 0 aromatic heterocycles. The largest absolute Gasteiger partial charge is 0.379 e. The summed E-state index contributed by atoms with van der Waals surface area (Å²) in [5.41, 5.74) is 1.49. The summed E-state index contributed by atoms with van der Waals surface area (Å²) in [4.78, 5) is 17.6. The summed E-state index contributed by atoms with van der Waals surface area (Å²) >= 11 is 0. The van der Waals surface area contributed by atoms with Crippen LogP contribution in [0.5, 0.6) is 0 Å². The summed E-state index contributed by atoms with van der Waals surface area (Å²) in [6, 6.07) is 5.15. The fraction of sp³-hybridized carbons (Fsp3) is 0.696. The quantitative estimate of drug-likeness (QED) is 0.695. The van der Waals surface area contributed by atoms with E-state index in [2.05, 4.69) is 29.0 Å². The highest BCUT2D eigenvalue weighted by Gasteiger charge is 2.29. The molecule has 0 bridgehead atoms. The number of carbonyl (C=O) groups excluding carboxylic acids is 1. The van der Waals surface area contributed by atoms with E-state index in [0.717, 1.165) is 44.7 Å². The Kier molecular flexibility index (Phi) is 7.39. The molecule has 1 aromatic carbocycles. The summed E-state index contributed by atoms with van der Waals surface area (Å²) in [5, 5.41) is 3.05. The van der Waals surface area contributed by atoms with Gasteiger partial charge in [0.25, 0.3) is 0 Å². The minimum atomic E-state index is -3.63. The molecule has 0 spiro atoms. The molecule has 0 aliphatic carbocycles. The van der Waals surface area contributed by atoms with Crippen molar-refractivity contribution in [2.45, 2.75) is 38.0 Å². The third kappa shape index (κ3) is 5.44. The highest BCUT2D eigenvalue weighted by atomic mass is 32.2. The van der Waals surface area contributed by atoms with E-state index in [9.17, 15) is 13.2 Å². The summed E-state index contributed by atoms with van der Waals surface area (Å²) in [5.74, 6) is 1.06. The molecule has 0 saturated carbocycles. The van der Waals surface area contributed by atoms with Gasteiger partial charge in [0, 0.05) is 39.3 Å². The van der Waals surface area contributed by atoms with Gasteiger partial charge in [-0.15, -0.1) is 0 Å². The Morgan fingerprint density at radius 1 is 1.06 bits per heavy atom. The number of carbonyl (C=O) groups is 1. The Labute approximate surface area is 191 Å². The van der Waals surface area contributed by atoms with Crippen molar-refractivity contribution in [3.63, 3.8) is 0 Å². The van der Waals surface area contributed by atoms with Crippen LogP contribution in [-0.4, -0.2) is 82.6 Å². The molecule has 1 amide bonds. The van der Waals surface area contributed by atoms with E-state index in [1.165, 1.54) is 10.7 Å². The fourth-order valence-electron chi connectivity index (χ4n) is 5.26. The average Bonchev–Trinajstić information content (AvgIpc) is 3.28. The average molecular weight is 465 g/mol. The van der Waals surface area contributed by atoms with Gasteiger partial charge >= 0.3 is 0 Å². The van der Waals surface area contributed by atoms with Gasteiger partial charge in [-0.1, -0.05) is 13.8 Å². The van der Waals surface area contributed by atoms with Crippen molar-refractivity contribution < 1.29 is 17.9 Å². The molecule has 1 aromatic rings. The number of piperidine rings is 1. The molecule has 1 N–H and O–H groups in total. The van der Waals surface area contributed by atoms with E-state index < -0.39 is 10.0 Å². The Morgan fingerprint density at radius 3 is 2.38 bits per heavy atom. The number of hydrogen-bond donors (Lipinski definition) is 1. The molecule has 3 heterocycles. The van der Waals surface area contributed by atoms with Crippen molar-refractivity contribution in [1.29, 1.82) is 0 Å². The third-order valence-corrected chi connectivity index (χ3v) is 8.50. The first-order valence-corrected chi connectivity index (χ1v) is 13.3. The lowest BCUT2D eigenvalue weighted by Crippen LogP contribution is -2.43. The fourth-order valence-corrected chi connectivity index (χ4v) is 6.69. The van der Waals surface area contributed by atoms with E-state index in [0.29, 0.717) is 50.4 Å². The van der Waals surface area contributed by atoms with Gasteiger partial charge < -0.3 is 15.0 Å². The standard InChI is InChI=1S/C23H36N4O4S/c1-18-13-19(2)16-25(15-18)17-23(28)24-21-14-20(5-6-22(21)26-7-3-4-8-26)32(29,30)27-9-11-31-12-10-27/h5-6,14,18-19H,3-4,7-13,15-17H2,1-2H3,(H,24,28)/t18-,19-/m0/s1. The van der Waals surface area contributed by atoms with Crippen LogP contribution in [0, 0.1) is 11.8 Å². The molecule has 178 valence electrons. The molecule has 0 unspecified atom stereocenters. The smallest absolute Gasteiger partial charge is 0.243 e. The molecule has 3 aliphatic heterocycles. The van der Waals surface area contributed by atoms with Crippen LogP contribution in [0.2, 0.25) is 0 Å². The van der Waals surface area contributed by atoms with E-state index in [-0.39, 0.29) is 10.8 Å². The number of sulfonamides is 1. The lowest BCUT2D eigenvalue weighted by molar-refractivity contribution is -0.117. The van der Waals surface area contributed by atoms with Gasteiger partial charge in [-0.2, -0.15) is 4.31 Å². The molecule has 0 radical (unpaired) electrons. The van der Waals surface area contributed by atoms with Crippen molar-refractivity contribution in [3.05, 3.63) is 18.2 Å². The van der Waals surface area contributed by atoms with Gasteiger partial charge in [0.05, 0.1) is 36.0 Å². The summed E-state index contributed by atoms with van der Waals surface area (Å²) in [6.07, 6.45) is 3.40. The van der Waals surface area contributed by atoms with Gasteiger partial charge in [0.1, 0.15) is 0 Å². The Balaban J connectivity index is 1.55. The Bertz CT molecular complexity index is 901. The molecular weight excluding hydrogens is 428 g/mol. The van der Waals surface area contributed by atoms with Crippen LogP contribution >= 0.6 is 0 Å². The monoisotopic (exact) mass is 464 g/mol. The summed E-state index contributed by atoms with van der Waals surface area (Å²) < 4.78 is 33.1. The molecule has 3 saturated heterocycles. The molecule has 9 heteroatoms.